The van der Waals surface area contributed by atoms with Crippen LogP contribution in [0, 0.1) is 6.92 Å². The Hall–Kier alpha value is -1.57. The van der Waals surface area contributed by atoms with E-state index in [4.69, 9.17) is 5.11 Å². The van der Waals surface area contributed by atoms with Crippen molar-refractivity contribution < 1.29 is 9.90 Å². The number of hydrogen-bond acceptors (Lipinski definition) is 1. The smallest absolute Gasteiger partial charge is 0.328 e. The van der Waals surface area contributed by atoms with Crippen LogP contribution >= 0.6 is 0 Å². The van der Waals surface area contributed by atoms with Crippen molar-refractivity contribution in [1.82, 2.24) is 0 Å². The molecule has 0 fully saturated rings. The third kappa shape index (κ3) is 1.43. The first kappa shape index (κ1) is 9.00. The van der Waals surface area contributed by atoms with Gasteiger partial charge in [0.25, 0.3) is 0 Å². The van der Waals surface area contributed by atoms with Crippen LogP contribution in [0.15, 0.2) is 24.3 Å². The van der Waals surface area contributed by atoms with E-state index in [1.165, 1.54) is 17.2 Å². The first-order valence-electron chi connectivity index (χ1n) is 4.71. The fraction of sp³-hybridized carbons (Fsp3) is 0.250. The second-order valence-electron chi connectivity index (χ2n) is 3.62. The maximum atomic E-state index is 10.6. The molecule has 14 heavy (non-hydrogen) atoms. The summed E-state index contributed by atoms with van der Waals surface area (Å²) in [6.07, 6.45) is 3.15. The molecule has 0 spiro atoms. The van der Waals surface area contributed by atoms with Gasteiger partial charge in [0.15, 0.2) is 0 Å². The highest BCUT2D eigenvalue weighted by Gasteiger charge is 2.18. The van der Waals surface area contributed by atoms with Crippen molar-refractivity contribution in [1.29, 1.82) is 0 Å². The molecule has 0 aromatic heterocycles. The Bertz CT molecular complexity index is 416. The molecule has 72 valence electrons. The highest BCUT2D eigenvalue weighted by Crippen LogP contribution is 2.34. The highest BCUT2D eigenvalue weighted by molar-refractivity contribution is 5.92. The molecule has 0 aliphatic heterocycles. The van der Waals surface area contributed by atoms with Gasteiger partial charge in [-0.1, -0.05) is 18.2 Å². The van der Waals surface area contributed by atoms with Gasteiger partial charge in [-0.15, -0.1) is 0 Å². The Kier molecular flexibility index (Phi) is 2.12. The lowest BCUT2D eigenvalue weighted by Gasteiger charge is -2.04. The Morgan fingerprint density at radius 3 is 2.93 bits per heavy atom. The number of carboxylic acids is 1. The molecule has 1 aliphatic carbocycles. The molecule has 2 nitrogen and oxygen atoms in total. The lowest BCUT2D eigenvalue weighted by atomic mass is 10.0. The molecular formula is C12H12O2. The second kappa shape index (κ2) is 3.29. The second-order valence-corrected chi connectivity index (χ2v) is 3.62. The number of aliphatic carboxylic acids is 1. The quantitative estimate of drug-likeness (QED) is 0.687. The molecule has 0 atom stereocenters. The largest absolute Gasteiger partial charge is 0.478 e. The van der Waals surface area contributed by atoms with Crippen LogP contribution in [0.4, 0.5) is 0 Å². The maximum Gasteiger partial charge on any atom is 0.328 e. The topological polar surface area (TPSA) is 37.3 Å². The van der Waals surface area contributed by atoms with Crippen LogP contribution in [-0.4, -0.2) is 11.1 Å². The molecule has 1 aliphatic rings. The number of hydrogen-bond donors (Lipinski definition) is 1. The number of fused-ring (bicyclic) bond motifs is 1. The van der Waals surface area contributed by atoms with E-state index in [0.717, 1.165) is 24.0 Å². The van der Waals surface area contributed by atoms with Crippen LogP contribution in [0.3, 0.4) is 0 Å². The fourth-order valence-electron chi connectivity index (χ4n) is 2.08. The predicted molar refractivity (Wildman–Crippen MR) is 55.1 cm³/mol. The number of allylic oxidation sites excluding steroid dienone is 1. The summed E-state index contributed by atoms with van der Waals surface area (Å²) in [5.41, 5.74) is 4.56. The molecule has 0 bridgehead atoms. The van der Waals surface area contributed by atoms with Crippen LogP contribution in [0.5, 0.6) is 0 Å². The van der Waals surface area contributed by atoms with Gasteiger partial charge >= 0.3 is 5.97 Å². The number of carboxylic acid groups (broad SMARTS) is 1. The molecule has 1 N–H and O–H groups in total. The summed E-state index contributed by atoms with van der Waals surface area (Å²) < 4.78 is 0. The monoisotopic (exact) mass is 188 g/mol. The summed E-state index contributed by atoms with van der Waals surface area (Å²) in [4.78, 5) is 10.6. The van der Waals surface area contributed by atoms with Gasteiger partial charge in [0.05, 0.1) is 0 Å². The maximum absolute atomic E-state index is 10.6. The average Bonchev–Trinajstić information content (AvgIpc) is 2.49. The molecule has 0 radical (unpaired) electrons. The Labute approximate surface area is 82.9 Å². The third-order valence-corrected chi connectivity index (χ3v) is 2.64. The van der Waals surface area contributed by atoms with Gasteiger partial charge in [-0.25, -0.2) is 4.79 Å². The number of benzene rings is 1. The molecule has 0 saturated carbocycles. The molecule has 2 heteroatoms. The Morgan fingerprint density at radius 2 is 2.21 bits per heavy atom. The zero-order valence-electron chi connectivity index (χ0n) is 8.08. The van der Waals surface area contributed by atoms with Crippen LogP contribution in [0.2, 0.25) is 0 Å². The zero-order chi connectivity index (χ0) is 10.1. The standard InChI is InChI=1S/C12H12O2/c1-8-3-2-4-9-5-6-10(12(8)9)7-11(13)14/h2-4,7H,5-6H2,1H3,(H,13,14)/b10-7+. The minimum atomic E-state index is -0.851. The van der Waals surface area contributed by atoms with Crippen molar-refractivity contribution in [2.24, 2.45) is 0 Å². The molecule has 0 unspecified atom stereocenters. The summed E-state index contributed by atoms with van der Waals surface area (Å²) in [7, 11) is 0. The SMILES string of the molecule is Cc1cccc2c1/C(=C/C(=O)O)CC2. The molecular weight excluding hydrogens is 176 g/mol. The van der Waals surface area contributed by atoms with E-state index in [9.17, 15) is 4.79 Å². The normalized spacial score (nSPS) is 17.1. The van der Waals surface area contributed by atoms with Gasteiger partial charge in [-0.3, -0.25) is 0 Å². The van der Waals surface area contributed by atoms with Crippen LogP contribution < -0.4 is 0 Å². The molecule has 0 amide bonds. The molecule has 2 rings (SSSR count). The molecule has 0 heterocycles. The summed E-state index contributed by atoms with van der Waals surface area (Å²) in [5, 5.41) is 8.71. The summed E-state index contributed by atoms with van der Waals surface area (Å²) >= 11 is 0. The lowest BCUT2D eigenvalue weighted by molar-refractivity contribution is -0.131. The number of aryl methyl sites for hydroxylation is 2. The zero-order valence-corrected chi connectivity index (χ0v) is 8.08. The Balaban J connectivity index is 2.53. The van der Waals surface area contributed by atoms with Gasteiger partial charge in [0, 0.05) is 6.08 Å². The number of carbonyl (C=O) groups is 1. The number of rotatable bonds is 1. The van der Waals surface area contributed by atoms with E-state index >= 15 is 0 Å². The Morgan fingerprint density at radius 1 is 1.43 bits per heavy atom. The van der Waals surface area contributed by atoms with Crippen molar-refractivity contribution in [3.8, 4) is 0 Å². The van der Waals surface area contributed by atoms with Crippen molar-refractivity contribution in [2.75, 3.05) is 0 Å². The lowest BCUT2D eigenvalue weighted by Crippen LogP contribution is -1.91. The summed E-state index contributed by atoms with van der Waals surface area (Å²) in [5.74, 6) is -0.851. The minimum Gasteiger partial charge on any atom is -0.478 e. The van der Waals surface area contributed by atoms with Gasteiger partial charge in [0.1, 0.15) is 0 Å². The van der Waals surface area contributed by atoms with Crippen LogP contribution in [0.1, 0.15) is 23.1 Å². The van der Waals surface area contributed by atoms with Crippen LogP contribution in [-0.2, 0) is 11.2 Å². The summed E-state index contributed by atoms with van der Waals surface area (Å²) in [6, 6.07) is 6.13. The van der Waals surface area contributed by atoms with E-state index in [0.29, 0.717) is 0 Å². The van der Waals surface area contributed by atoms with Crippen molar-refractivity contribution in [3.05, 3.63) is 41.0 Å². The van der Waals surface area contributed by atoms with Crippen molar-refractivity contribution >= 4 is 11.5 Å². The molecule has 1 aromatic rings. The van der Waals surface area contributed by atoms with Crippen molar-refractivity contribution in [3.63, 3.8) is 0 Å². The molecule has 1 aromatic carbocycles. The van der Waals surface area contributed by atoms with E-state index in [-0.39, 0.29) is 0 Å². The van der Waals surface area contributed by atoms with Crippen molar-refractivity contribution in [2.45, 2.75) is 19.8 Å². The average molecular weight is 188 g/mol. The minimum absolute atomic E-state index is 0.851. The first-order chi connectivity index (χ1) is 6.68. The van der Waals surface area contributed by atoms with Gasteiger partial charge < -0.3 is 5.11 Å². The fourth-order valence-corrected chi connectivity index (χ4v) is 2.08. The van der Waals surface area contributed by atoms with Gasteiger partial charge in [0.2, 0.25) is 0 Å². The van der Waals surface area contributed by atoms with E-state index in [2.05, 4.69) is 6.07 Å². The molecule has 0 saturated heterocycles. The third-order valence-electron chi connectivity index (χ3n) is 2.64. The van der Waals surface area contributed by atoms with E-state index in [1.54, 1.807) is 0 Å². The highest BCUT2D eigenvalue weighted by atomic mass is 16.4. The van der Waals surface area contributed by atoms with E-state index < -0.39 is 5.97 Å². The van der Waals surface area contributed by atoms with Crippen LogP contribution in [0.25, 0.3) is 5.57 Å². The first-order valence-corrected chi connectivity index (χ1v) is 4.71. The predicted octanol–water partition coefficient (Wildman–Crippen LogP) is 2.41. The summed E-state index contributed by atoms with van der Waals surface area (Å²) in [6.45, 7) is 2.03. The van der Waals surface area contributed by atoms with Gasteiger partial charge in [-0.2, -0.15) is 0 Å². The van der Waals surface area contributed by atoms with Gasteiger partial charge in [-0.05, 0) is 42.0 Å². The van der Waals surface area contributed by atoms with E-state index in [1.807, 2.05) is 19.1 Å².